The molecule has 1 aliphatic rings. The van der Waals surface area contributed by atoms with E-state index in [1.54, 1.807) is 0 Å². The van der Waals surface area contributed by atoms with Gasteiger partial charge >= 0.3 is 0 Å². The number of nitrogens with one attached hydrogen (secondary N) is 1. The molecule has 1 N–H and O–H groups in total. The Bertz CT molecular complexity index is 292. The van der Waals surface area contributed by atoms with Crippen molar-refractivity contribution in [1.82, 2.24) is 5.32 Å². The molecule has 2 heterocycles. The normalized spacial score (nSPS) is 22.3. The quantitative estimate of drug-likeness (QED) is 0.803. The maximum Gasteiger partial charge on any atom is 0.0906 e. The molecule has 3 nitrogen and oxygen atoms in total. The summed E-state index contributed by atoms with van der Waals surface area (Å²) in [6, 6.07) is 4.74. The maximum atomic E-state index is 5.44. The first-order chi connectivity index (χ1) is 6.77. The molecule has 1 aromatic heterocycles. The Labute approximate surface area is 88.7 Å². The molecule has 4 heteroatoms. The molecule has 78 valence electrons. The zero-order chi connectivity index (χ0) is 9.97. The molecule has 0 spiro atoms. The summed E-state index contributed by atoms with van der Waals surface area (Å²) >= 11 is 1.83. The number of ether oxygens (including phenoxy) is 1. The molecular formula is C10H16N2OS. The van der Waals surface area contributed by atoms with Gasteiger partial charge in [0.2, 0.25) is 0 Å². The molecule has 0 aromatic carbocycles. The summed E-state index contributed by atoms with van der Waals surface area (Å²) < 4.78 is 5.44. The van der Waals surface area contributed by atoms with Crippen molar-refractivity contribution in [3.63, 3.8) is 0 Å². The Hall–Kier alpha value is -0.580. The molecule has 0 unspecified atom stereocenters. The Morgan fingerprint density at radius 1 is 1.50 bits per heavy atom. The van der Waals surface area contributed by atoms with Crippen molar-refractivity contribution in [2.24, 2.45) is 0 Å². The van der Waals surface area contributed by atoms with Gasteiger partial charge in [-0.15, -0.1) is 11.3 Å². The van der Waals surface area contributed by atoms with Crippen LogP contribution in [0.2, 0.25) is 0 Å². The Morgan fingerprint density at radius 3 is 2.93 bits per heavy atom. The summed E-state index contributed by atoms with van der Waals surface area (Å²) in [5.74, 6) is 0. The first-order valence-corrected chi connectivity index (χ1v) is 5.67. The fraction of sp³-hybridized carbons (Fsp3) is 0.600. The van der Waals surface area contributed by atoms with Gasteiger partial charge in [0.05, 0.1) is 24.3 Å². The molecule has 0 radical (unpaired) electrons. The largest absolute Gasteiger partial charge is 0.378 e. The Balaban J connectivity index is 2.07. The van der Waals surface area contributed by atoms with Gasteiger partial charge in [0.1, 0.15) is 0 Å². The molecule has 2 rings (SSSR count). The van der Waals surface area contributed by atoms with Crippen LogP contribution < -0.4 is 10.2 Å². The smallest absolute Gasteiger partial charge is 0.0906 e. The molecule has 1 aliphatic heterocycles. The van der Waals surface area contributed by atoms with Crippen LogP contribution in [-0.2, 0) is 4.74 Å². The van der Waals surface area contributed by atoms with Gasteiger partial charge in [-0.1, -0.05) is 0 Å². The third kappa shape index (κ3) is 2.08. The minimum absolute atomic E-state index is 0.391. The van der Waals surface area contributed by atoms with Crippen molar-refractivity contribution < 1.29 is 4.74 Å². The molecule has 1 atom stereocenters. The average molecular weight is 212 g/mol. The summed E-state index contributed by atoms with van der Waals surface area (Å²) in [6.07, 6.45) is 0. The van der Waals surface area contributed by atoms with Crippen molar-refractivity contribution in [1.29, 1.82) is 0 Å². The predicted molar refractivity (Wildman–Crippen MR) is 60.2 cm³/mol. The molecule has 1 aromatic rings. The van der Waals surface area contributed by atoms with Crippen LogP contribution in [0.5, 0.6) is 0 Å². The first kappa shape index (κ1) is 9.96. The topological polar surface area (TPSA) is 24.5 Å². The van der Waals surface area contributed by atoms with E-state index in [4.69, 9.17) is 4.74 Å². The molecule has 0 aliphatic carbocycles. The number of nitrogens with zero attached hydrogens (tertiary/aromatic N) is 1. The van der Waals surface area contributed by atoms with E-state index >= 15 is 0 Å². The maximum absolute atomic E-state index is 5.44. The van der Waals surface area contributed by atoms with E-state index in [-0.39, 0.29) is 0 Å². The number of anilines is 1. The Kier molecular flexibility index (Phi) is 3.05. The minimum atomic E-state index is 0.391. The van der Waals surface area contributed by atoms with Crippen LogP contribution >= 0.6 is 11.3 Å². The number of thiophene rings is 1. The third-order valence-electron chi connectivity index (χ3n) is 2.32. The van der Waals surface area contributed by atoms with Gasteiger partial charge < -0.3 is 15.0 Å². The van der Waals surface area contributed by atoms with E-state index in [0.29, 0.717) is 6.04 Å². The molecule has 0 amide bonds. The molecular weight excluding hydrogens is 196 g/mol. The van der Waals surface area contributed by atoms with E-state index in [9.17, 15) is 0 Å². The van der Waals surface area contributed by atoms with Gasteiger partial charge in [-0.2, -0.15) is 0 Å². The average Bonchev–Trinajstić information content (AvgIpc) is 2.68. The summed E-state index contributed by atoms with van der Waals surface area (Å²) in [5.41, 5.74) is 0. The zero-order valence-corrected chi connectivity index (χ0v) is 9.43. The zero-order valence-electron chi connectivity index (χ0n) is 8.62. The van der Waals surface area contributed by atoms with Crippen molar-refractivity contribution in [3.8, 4) is 0 Å². The van der Waals surface area contributed by atoms with E-state index in [1.807, 2.05) is 11.3 Å². The van der Waals surface area contributed by atoms with Crippen molar-refractivity contribution in [2.75, 3.05) is 38.8 Å². The van der Waals surface area contributed by atoms with Crippen molar-refractivity contribution in [2.45, 2.75) is 6.04 Å². The summed E-state index contributed by atoms with van der Waals surface area (Å²) in [4.78, 5) is 3.51. The van der Waals surface area contributed by atoms with E-state index in [1.165, 1.54) is 9.88 Å². The van der Waals surface area contributed by atoms with Gasteiger partial charge in [0.15, 0.2) is 0 Å². The predicted octanol–water partition coefficient (Wildman–Crippen LogP) is 1.48. The monoisotopic (exact) mass is 212 g/mol. The van der Waals surface area contributed by atoms with Gasteiger partial charge in [0.25, 0.3) is 0 Å². The van der Waals surface area contributed by atoms with Crippen molar-refractivity contribution >= 4 is 16.3 Å². The van der Waals surface area contributed by atoms with E-state index in [2.05, 4.69) is 36.4 Å². The molecule has 1 fully saturated rings. The van der Waals surface area contributed by atoms with E-state index in [0.717, 1.165) is 19.8 Å². The van der Waals surface area contributed by atoms with Crippen LogP contribution in [0.4, 0.5) is 5.00 Å². The van der Waals surface area contributed by atoms with Crippen LogP contribution in [0.1, 0.15) is 10.9 Å². The fourth-order valence-corrected chi connectivity index (χ4v) is 2.51. The lowest BCUT2D eigenvalue weighted by Crippen LogP contribution is -2.33. The summed E-state index contributed by atoms with van der Waals surface area (Å²) in [7, 11) is 4.14. The highest BCUT2D eigenvalue weighted by molar-refractivity contribution is 7.16. The third-order valence-corrected chi connectivity index (χ3v) is 3.69. The van der Waals surface area contributed by atoms with Gasteiger partial charge in [0, 0.05) is 25.5 Å². The first-order valence-electron chi connectivity index (χ1n) is 4.85. The van der Waals surface area contributed by atoms with Crippen LogP contribution in [0, 0.1) is 0 Å². The molecule has 0 bridgehead atoms. The van der Waals surface area contributed by atoms with Crippen molar-refractivity contribution in [3.05, 3.63) is 17.0 Å². The number of rotatable bonds is 2. The summed E-state index contributed by atoms with van der Waals surface area (Å²) in [6.45, 7) is 2.59. The molecule has 0 saturated carbocycles. The second-order valence-electron chi connectivity index (χ2n) is 3.65. The lowest BCUT2D eigenvalue weighted by molar-refractivity contribution is 0.0779. The summed E-state index contributed by atoms with van der Waals surface area (Å²) in [5, 5.41) is 4.75. The molecule has 1 saturated heterocycles. The van der Waals surface area contributed by atoms with Crippen LogP contribution in [0.3, 0.4) is 0 Å². The lowest BCUT2D eigenvalue weighted by atomic mass is 10.2. The fourth-order valence-electron chi connectivity index (χ4n) is 1.52. The second kappa shape index (κ2) is 4.29. The number of hydrogen-bond donors (Lipinski definition) is 1. The van der Waals surface area contributed by atoms with Gasteiger partial charge in [-0.05, 0) is 12.1 Å². The van der Waals surface area contributed by atoms with Gasteiger partial charge in [-0.25, -0.2) is 0 Å². The van der Waals surface area contributed by atoms with Crippen LogP contribution in [-0.4, -0.2) is 33.9 Å². The van der Waals surface area contributed by atoms with E-state index < -0.39 is 0 Å². The highest BCUT2D eigenvalue weighted by atomic mass is 32.1. The second-order valence-corrected chi connectivity index (χ2v) is 4.75. The van der Waals surface area contributed by atoms with Crippen LogP contribution in [0.15, 0.2) is 12.1 Å². The highest BCUT2D eigenvalue weighted by Gasteiger charge is 2.17. The molecule has 14 heavy (non-hydrogen) atoms. The number of hydrogen-bond acceptors (Lipinski definition) is 4. The SMILES string of the molecule is CN(C)c1ccc([C@@H]2COCCN2)s1. The highest BCUT2D eigenvalue weighted by Crippen LogP contribution is 2.29. The lowest BCUT2D eigenvalue weighted by Gasteiger charge is -2.22. The standard InChI is InChI=1S/C10H16N2OS/c1-12(2)10-4-3-9(14-10)8-7-13-6-5-11-8/h3-4,8,11H,5-7H2,1-2H3/t8-/m0/s1. The minimum Gasteiger partial charge on any atom is -0.378 e. The van der Waals surface area contributed by atoms with Gasteiger partial charge in [-0.3, -0.25) is 0 Å². The number of morpholine rings is 1. The Morgan fingerprint density at radius 2 is 2.36 bits per heavy atom. The van der Waals surface area contributed by atoms with Crippen LogP contribution in [0.25, 0.3) is 0 Å².